The first-order chi connectivity index (χ1) is 46.0. The van der Waals surface area contributed by atoms with Crippen molar-refractivity contribution in [1.82, 2.24) is 0 Å². The first-order valence-corrected chi connectivity index (χ1v) is 26.6. The normalized spacial score (nSPS) is 10.4. The number of halogens is 18. The van der Waals surface area contributed by atoms with Gasteiger partial charge in [-0.15, -0.1) is 0 Å². The third kappa shape index (κ3) is 16.9. The van der Waals surface area contributed by atoms with Crippen LogP contribution < -0.4 is 98.7 Å². The molecule has 36 heteroatoms. The molecule has 0 amide bonds. The maximum atomic E-state index is 13.6. The smallest absolute Gasteiger partial charge is 0.200 e. The van der Waals surface area contributed by atoms with Crippen molar-refractivity contribution in [2.75, 3.05) is 34.4 Å². The van der Waals surface area contributed by atoms with Gasteiger partial charge in [0.1, 0.15) is 49.6 Å². The number of nitrogens with one attached hydrogen (secondary N) is 12. The van der Waals surface area contributed by atoms with Gasteiger partial charge in [-0.25, -0.2) is 79.0 Å². The Balaban J connectivity index is 0.000000244. The number of anilines is 6. The van der Waals surface area contributed by atoms with Gasteiger partial charge in [-0.05, 0) is 57.2 Å². The van der Waals surface area contributed by atoms with Crippen LogP contribution in [-0.2, 0) is 0 Å². The summed E-state index contributed by atoms with van der Waals surface area (Å²) in [6, 6.07) is 23.8. The standard InChI is InChI=1S/C11H5F5N4.C10H4F5N3.C9H3F5N2.3C6H5F.C6H8N4.C5H7N3.C4H6N2/c12-3-1(4(13)6(15)7(16)5(3)14)2-8(17)10(19)11(20)9(2)18;11-3-1(2-8(16)10(18)9(2)17)4(12)6(14)7(15)5(3)13;10-3-1(2-8(15)9(2)16)4(11)6(13)7(14)5(3)12;3*7-6-4-2-1-3-5-6;1-2-3(7)5(9)6(10)4(2)8;1-2-3(6)5(8)4(2)7;1-2-3(5)4(2)6/h17,19-20H,18H2;16,18H,17H2;15H,16H2;3*1-5H;7,9-10H,8H2,1H3;6,8H,7H2,1H3;5H,6H2,1H3. The molecular formula is C63H48F18N18. The van der Waals surface area contributed by atoms with E-state index in [4.69, 9.17) is 99.3 Å². The summed E-state index contributed by atoms with van der Waals surface area (Å²) in [5.41, 5.74) is 27.9. The van der Waals surface area contributed by atoms with Crippen molar-refractivity contribution in [1.29, 1.82) is 64.9 Å². The lowest BCUT2D eigenvalue weighted by atomic mass is 9.96. The van der Waals surface area contributed by atoms with Crippen LogP contribution in [0.15, 0.2) is 91.0 Å². The average Bonchev–Trinajstić information content (AvgIpc) is 1.34. The number of rotatable bonds is 3. The zero-order chi connectivity index (χ0) is 75.6. The maximum absolute atomic E-state index is 13.6. The molecule has 0 saturated carbocycles. The summed E-state index contributed by atoms with van der Waals surface area (Å²) in [5.74, 6) is -32.5. The average molecular weight is 1400 g/mol. The number of hydrogen-bond donors (Lipinski definition) is 18. The lowest BCUT2D eigenvalue weighted by Crippen LogP contribution is -2.37. The van der Waals surface area contributed by atoms with Gasteiger partial charge in [0.05, 0.1) is 83.0 Å². The van der Waals surface area contributed by atoms with Crippen molar-refractivity contribution in [2.45, 2.75) is 20.8 Å². The Morgan fingerprint density at radius 2 is 0.343 bits per heavy atom. The van der Waals surface area contributed by atoms with Gasteiger partial charge < -0.3 is 34.4 Å². The first kappa shape index (κ1) is 78.8. The number of nitrogens with two attached hydrogens (primary N) is 6. The Kier molecular flexibility index (Phi) is 25.6. The quantitative estimate of drug-likeness (QED) is 0.0470. The van der Waals surface area contributed by atoms with Crippen LogP contribution in [0.25, 0.3) is 33.4 Å². The Hall–Kier alpha value is -12.7. The largest absolute Gasteiger partial charge is 0.397 e. The molecule has 0 aliphatic rings. The molecule has 0 atom stereocenters. The zero-order valence-electron chi connectivity index (χ0n) is 50.4. The summed E-state index contributed by atoms with van der Waals surface area (Å²) in [6.45, 7) is 5.24. The third-order valence-electron chi connectivity index (χ3n) is 13.5. The Morgan fingerprint density at radius 3 is 0.485 bits per heavy atom. The molecule has 12 aromatic carbocycles. The van der Waals surface area contributed by atoms with Crippen LogP contribution in [0.4, 0.5) is 113 Å². The van der Waals surface area contributed by atoms with Crippen molar-refractivity contribution in [2.24, 2.45) is 0 Å². The van der Waals surface area contributed by atoms with Crippen molar-refractivity contribution >= 4 is 34.1 Å². The molecule has 18 nitrogen and oxygen atoms in total. The van der Waals surface area contributed by atoms with Gasteiger partial charge in [-0.3, -0.25) is 64.9 Å². The zero-order valence-corrected chi connectivity index (χ0v) is 50.4. The van der Waals surface area contributed by atoms with E-state index in [1.807, 2.05) is 6.92 Å². The highest BCUT2D eigenvalue weighted by Gasteiger charge is 2.34. The van der Waals surface area contributed by atoms with Crippen LogP contribution in [0.3, 0.4) is 0 Å². The van der Waals surface area contributed by atoms with E-state index >= 15 is 0 Å². The molecule has 12 rings (SSSR count). The van der Waals surface area contributed by atoms with Crippen LogP contribution in [-0.4, -0.2) is 0 Å². The highest BCUT2D eigenvalue weighted by Crippen LogP contribution is 2.36. The molecule has 516 valence electrons. The predicted octanol–water partition coefficient (Wildman–Crippen LogP) is 8.11. The molecule has 0 fully saturated rings. The summed E-state index contributed by atoms with van der Waals surface area (Å²) in [7, 11) is 0. The first-order valence-electron chi connectivity index (χ1n) is 26.6. The van der Waals surface area contributed by atoms with E-state index in [1.165, 1.54) is 36.4 Å². The Labute approximate surface area is 541 Å². The molecule has 0 spiro atoms. The van der Waals surface area contributed by atoms with Gasteiger partial charge in [0.15, 0.2) is 69.8 Å². The molecule has 24 N–H and O–H groups in total. The Morgan fingerprint density at radius 1 is 0.182 bits per heavy atom. The van der Waals surface area contributed by atoms with E-state index in [1.54, 1.807) is 68.4 Å². The second-order valence-electron chi connectivity index (χ2n) is 19.7. The minimum Gasteiger partial charge on any atom is -0.397 e. The number of nitrogen functional groups attached to an aromatic ring is 6. The van der Waals surface area contributed by atoms with E-state index in [-0.39, 0.29) is 55.6 Å². The second kappa shape index (κ2) is 32.2. The molecule has 0 aliphatic carbocycles. The SMILES string of the molecule is Cc1c(N)c(=N)c(=N)c1=N.Cc1c(N)c(=N)c1=N.Cc1c(N)c1=N.Fc1ccccc1.Fc1ccccc1.Fc1ccccc1.N=c1c(N)c(-c2c(F)c(F)c(F)c(F)c2F)c(=N)c1=N.N=c1c(N)c(-c2c(F)c(F)c(F)c(F)c2F)c1=N.N=c1c(N)c1-c1c(F)c(F)c(F)c(F)c1F. The van der Waals surface area contributed by atoms with Crippen molar-refractivity contribution in [3.8, 4) is 33.4 Å². The van der Waals surface area contributed by atoms with Crippen molar-refractivity contribution < 1.29 is 79.0 Å². The van der Waals surface area contributed by atoms with Crippen LogP contribution in [0.5, 0.6) is 0 Å². The van der Waals surface area contributed by atoms with E-state index in [0.717, 1.165) is 11.1 Å². The molecule has 0 radical (unpaired) electrons. The van der Waals surface area contributed by atoms with Crippen LogP contribution in [0.2, 0.25) is 0 Å². The summed E-state index contributed by atoms with van der Waals surface area (Å²) in [4.78, 5) is 0. The molecule has 0 unspecified atom stereocenters. The summed E-state index contributed by atoms with van der Waals surface area (Å²) in [6.07, 6.45) is 0. The van der Waals surface area contributed by atoms with Crippen molar-refractivity contribution in [3.05, 3.63) is 277 Å². The van der Waals surface area contributed by atoms with Gasteiger partial charge in [0, 0.05) is 33.4 Å². The van der Waals surface area contributed by atoms with Crippen LogP contribution >= 0.6 is 0 Å². The van der Waals surface area contributed by atoms with Crippen LogP contribution in [0, 0.1) is 190 Å². The highest BCUT2D eigenvalue weighted by atomic mass is 19.2. The molecule has 99 heavy (non-hydrogen) atoms. The van der Waals surface area contributed by atoms with Crippen LogP contribution in [0.1, 0.15) is 16.7 Å². The fraction of sp³-hybridized carbons (Fsp3) is 0.0476. The number of benzene rings is 6. The minimum absolute atomic E-state index is 0.0255. The molecule has 0 heterocycles. The number of hydrogen-bond acceptors (Lipinski definition) is 18. The van der Waals surface area contributed by atoms with Gasteiger partial charge in [0.25, 0.3) is 0 Å². The van der Waals surface area contributed by atoms with E-state index < -0.39 is 164 Å². The fourth-order valence-electron chi connectivity index (χ4n) is 7.45. The van der Waals surface area contributed by atoms with Gasteiger partial charge in [0.2, 0.25) is 17.5 Å². The van der Waals surface area contributed by atoms with Gasteiger partial charge in [-0.1, -0.05) is 54.6 Å². The second-order valence-corrected chi connectivity index (χ2v) is 19.7. The third-order valence-corrected chi connectivity index (χ3v) is 13.5. The lowest BCUT2D eigenvalue weighted by molar-refractivity contribution is 0.381. The molecule has 0 saturated heterocycles. The van der Waals surface area contributed by atoms with Gasteiger partial charge >= 0.3 is 0 Å². The molecule has 12 aromatic rings. The fourth-order valence-corrected chi connectivity index (χ4v) is 7.45. The monoisotopic (exact) mass is 1400 g/mol. The minimum atomic E-state index is -2.34. The summed E-state index contributed by atoms with van der Waals surface area (Å²) < 4.78 is 232. The lowest BCUT2D eigenvalue weighted by Gasteiger charge is -2.13. The van der Waals surface area contributed by atoms with Gasteiger partial charge in [-0.2, -0.15) is 0 Å². The predicted molar refractivity (Wildman–Crippen MR) is 319 cm³/mol. The van der Waals surface area contributed by atoms with E-state index in [2.05, 4.69) is 0 Å². The Bertz CT molecular complexity index is 5260. The van der Waals surface area contributed by atoms with E-state index in [9.17, 15) is 79.0 Å². The van der Waals surface area contributed by atoms with E-state index in [0.29, 0.717) is 22.3 Å². The summed E-state index contributed by atoms with van der Waals surface area (Å²) >= 11 is 0. The molecule has 0 aromatic heterocycles. The maximum Gasteiger partial charge on any atom is 0.200 e. The topological polar surface area (TPSA) is 442 Å². The highest BCUT2D eigenvalue weighted by molar-refractivity contribution is 5.87. The summed E-state index contributed by atoms with van der Waals surface area (Å²) in [5, 5.41) is 82.7. The molecular weight excluding hydrogens is 1350 g/mol. The van der Waals surface area contributed by atoms with Crippen molar-refractivity contribution in [3.63, 3.8) is 0 Å². The molecule has 0 bridgehead atoms. The molecule has 0 aliphatic heterocycles.